The average molecular weight is 424 g/mol. The minimum absolute atomic E-state index is 0.489. The standard InChI is InChI=1S/C21H21N5OS2/c1-2-3-11-29(27)21-17(23)16-18(13-7-5-4-6-8-13)25-19(26-20(16)28-21)15-10-9-14(22)12-24-15/h4-10,12H,2-3,11,22-23H2,1H3. The molecule has 4 N–H and O–H groups in total. The molecule has 0 radical (unpaired) electrons. The van der Waals surface area contributed by atoms with Gasteiger partial charge >= 0.3 is 0 Å². The van der Waals surface area contributed by atoms with E-state index in [4.69, 9.17) is 21.4 Å². The largest absolute Gasteiger partial charge is 0.397 e. The number of aromatic nitrogens is 3. The Balaban J connectivity index is 1.94. The Morgan fingerprint density at radius 3 is 2.55 bits per heavy atom. The van der Waals surface area contributed by atoms with Crippen molar-refractivity contribution >= 4 is 43.7 Å². The van der Waals surface area contributed by atoms with Crippen LogP contribution in [-0.4, -0.2) is 24.9 Å². The first-order valence-electron chi connectivity index (χ1n) is 9.34. The third-order valence-corrected chi connectivity index (χ3v) is 7.50. The molecule has 0 amide bonds. The molecule has 0 saturated heterocycles. The number of nitrogens with two attached hydrogens (primary N) is 2. The highest BCUT2D eigenvalue weighted by molar-refractivity contribution is 7.87. The van der Waals surface area contributed by atoms with E-state index in [1.165, 1.54) is 11.3 Å². The van der Waals surface area contributed by atoms with Crippen molar-refractivity contribution in [1.82, 2.24) is 15.0 Å². The van der Waals surface area contributed by atoms with E-state index in [0.29, 0.717) is 37.7 Å². The molecular weight excluding hydrogens is 402 g/mol. The van der Waals surface area contributed by atoms with E-state index < -0.39 is 10.8 Å². The summed E-state index contributed by atoms with van der Waals surface area (Å²) in [5.74, 6) is 1.08. The molecule has 1 aromatic carbocycles. The SMILES string of the molecule is CCCCS(=O)c1sc2nc(-c3ccc(N)cn3)nc(-c3ccccc3)c2c1N. The quantitative estimate of drug-likeness (QED) is 0.473. The van der Waals surface area contributed by atoms with E-state index in [2.05, 4.69) is 11.9 Å². The summed E-state index contributed by atoms with van der Waals surface area (Å²) in [5.41, 5.74) is 15.6. The summed E-state index contributed by atoms with van der Waals surface area (Å²) in [6.45, 7) is 2.08. The topological polar surface area (TPSA) is 108 Å². The zero-order valence-electron chi connectivity index (χ0n) is 16.0. The van der Waals surface area contributed by atoms with Gasteiger partial charge in [-0.15, -0.1) is 11.3 Å². The lowest BCUT2D eigenvalue weighted by atomic mass is 10.1. The summed E-state index contributed by atoms with van der Waals surface area (Å²) in [4.78, 5) is 14.5. The Hall–Kier alpha value is -2.84. The lowest BCUT2D eigenvalue weighted by Gasteiger charge is -2.07. The number of rotatable bonds is 6. The van der Waals surface area contributed by atoms with Crippen LogP contribution in [0.3, 0.4) is 0 Å². The first kappa shape index (κ1) is 19.5. The average Bonchev–Trinajstić information content (AvgIpc) is 3.09. The van der Waals surface area contributed by atoms with Gasteiger partial charge in [0.2, 0.25) is 0 Å². The fourth-order valence-corrected chi connectivity index (χ4v) is 5.77. The van der Waals surface area contributed by atoms with E-state index in [0.717, 1.165) is 29.5 Å². The smallest absolute Gasteiger partial charge is 0.180 e. The number of fused-ring (bicyclic) bond motifs is 1. The van der Waals surface area contributed by atoms with Crippen molar-refractivity contribution in [3.8, 4) is 22.8 Å². The maximum absolute atomic E-state index is 12.8. The lowest BCUT2D eigenvalue weighted by molar-refractivity contribution is 0.681. The van der Waals surface area contributed by atoms with E-state index in [1.54, 1.807) is 18.3 Å². The highest BCUT2D eigenvalue weighted by Gasteiger charge is 2.22. The summed E-state index contributed by atoms with van der Waals surface area (Å²) in [6.07, 6.45) is 3.45. The second-order valence-electron chi connectivity index (χ2n) is 6.63. The van der Waals surface area contributed by atoms with Gasteiger partial charge in [-0.3, -0.25) is 9.19 Å². The van der Waals surface area contributed by atoms with Crippen LogP contribution in [0.4, 0.5) is 11.4 Å². The van der Waals surface area contributed by atoms with Crippen molar-refractivity contribution in [3.63, 3.8) is 0 Å². The maximum atomic E-state index is 12.8. The highest BCUT2D eigenvalue weighted by Crippen LogP contribution is 2.41. The number of nitrogen functional groups attached to an aromatic ring is 2. The second kappa shape index (κ2) is 8.26. The Kier molecular flexibility index (Phi) is 5.55. The minimum atomic E-state index is -1.15. The molecule has 8 heteroatoms. The number of anilines is 2. The van der Waals surface area contributed by atoms with Crippen molar-refractivity contribution in [2.75, 3.05) is 17.2 Å². The van der Waals surface area contributed by atoms with Gasteiger partial charge in [-0.05, 0) is 18.6 Å². The first-order valence-corrected chi connectivity index (χ1v) is 11.5. The molecule has 0 bridgehead atoms. The van der Waals surface area contributed by atoms with Gasteiger partial charge in [-0.25, -0.2) is 9.97 Å². The van der Waals surface area contributed by atoms with Gasteiger partial charge in [0.1, 0.15) is 14.7 Å². The zero-order valence-corrected chi connectivity index (χ0v) is 17.6. The number of unbranched alkanes of at least 4 members (excludes halogenated alkanes) is 1. The van der Waals surface area contributed by atoms with Gasteiger partial charge in [0, 0.05) is 11.3 Å². The summed E-state index contributed by atoms with van der Waals surface area (Å²) in [7, 11) is -1.15. The van der Waals surface area contributed by atoms with E-state index in [1.807, 2.05) is 30.3 Å². The zero-order chi connectivity index (χ0) is 20.4. The molecule has 3 aromatic heterocycles. The van der Waals surface area contributed by atoms with E-state index in [-0.39, 0.29) is 0 Å². The van der Waals surface area contributed by atoms with Crippen LogP contribution in [0, 0.1) is 0 Å². The molecule has 29 heavy (non-hydrogen) atoms. The highest BCUT2D eigenvalue weighted by atomic mass is 32.2. The van der Waals surface area contributed by atoms with Crippen molar-refractivity contribution in [3.05, 3.63) is 48.7 Å². The molecule has 0 aliphatic heterocycles. The van der Waals surface area contributed by atoms with Crippen molar-refractivity contribution in [2.45, 2.75) is 24.0 Å². The van der Waals surface area contributed by atoms with Crippen molar-refractivity contribution in [1.29, 1.82) is 0 Å². The van der Waals surface area contributed by atoms with Crippen LogP contribution in [0.2, 0.25) is 0 Å². The van der Waals surface area contributed by atoms with Crippen LogP contribution < -0.4 is 11.5 Å². The molecule has 3 heterocycles. The molecule has 0 saturated carbocycles. The van der Waals surface area contributed by atoms with Crippen molar-refractivity contribution < 1.29 is 4.21 Å². The van der Waals surface area contributed by atoms with Gasteiger partial charge in [0.15, 0.2) is 5.82 Å². The van der Waals surface area contributed by atoms with E-state index in [9.17, 15) is 4.21 Å². The van der Waals surface area contributed by atoms with Crippen LogP contribution in [0.5, 0.6) is 0 Å². The van der Waals surface area contributed by atoms with Crippen LogP contribution in [0.1, 0.15) is 19.8 Å². The Morgan fingerprint density at radius 1 is 1.07 bits per heavy atom. The molecule has 4 rings (SSSR count). The number of hydrogen-bond donors (Lipinski definition) is 2. The van der Waals surface area contributed by atoms with Gasteiger partial charge < -0.3 is 11.5 Å². The van der Waals surface area contributed by atoms with Crippen LogP contribution in [0.25, 0.3) is 33.0 Å². The Morgan fingerprint density at radius 2 is 1.86 bits per heavy atom. The third kappa shape index (κ3) is 3.86. The molecule has 0 spiro atoms. The van der Waals surface area contributed by atoms with Gasteiger partial charge in [0.05, 0.1) is 39.5 Å². The molecular formula is C21H21N5OS2. The molecule has 148 valence electrons. The van der Waals surface area contributed by atoms with E-state index >= 15 is 0 Å². The lowest BCUT2D eigenvalue weighted by Crippen LogP contribution is -2.00. The summed E-state index contributed by atoms with van der Waals surface area (Å²) in [5, 5.41) is 0.750. The summed E-state index contributed by atoms with van der Waals surface area (Å²) in [6, 6.07) is 13.4. The molecule has 6 nitrogen and oxygen atoms in total. The predicted molar refractivity (Wildman–Crippen MR) is 121 cm³/mol. The molecule has 1 atom stereocenters. The Labute approximate surface area is 175 Å². The number of hydrogen-bond acceptors (Lipinski definition) is 7. The Bertz CT molecular complexity index is 1170. The van der Waals surface area contributed by atoms with Crippen LogP contribution in [-0.2, 0) is 10.8 Å². The van der Waals surface area contributed by atoms with Gasteiger partial charge in [0.25, 0.3) is 0 Å². The number of benzene rings is 1. The minimum Gasteiger partial charge on any atom is -0.397 e. The summed E-state index contributed by atoms with van der Waals surface area (Å²) >= 11 is 1.37. The van der Waals surface area contributed by atoms with Crippen LogP contribution in [0.15, 0.2) is 52.9 Å². The molecule has 0 aliphatic carbocycles. The number of thiophene rings is 1. The summed E-state index contributed by atoms with van der Waals surface area (Å²) < 4.78 is 13.5. The maximum Gasteiger partial charge on any atom is 0.180 e. The predicted octanol–water partition coefficient (Wildman–Crippen LogP) is 4.49. The molecule has 4 aromatic rings. The van der Waals surface area contributed by atoms with Crippen molar-refractivity contribution in [2.24, 2.45) is 0 Å². The normalized spacial score (nSPS) is 12.3. The fourth-order valence-electron chi connectivity index (χ4n) is 3.00. The van der Waals surface area contributed by atoms with Crippen LogP contribution >= 0.6 is 11.3 Å². The second-order valence-corrected chi connectivity index (χ2v) is 9.39. The number of pyridine rings is 1. The number of nitrogens with zero attached hydrogens (tertiary/aromatic N) is 3. The molecule has 0 fully saturated rings. The third-order valence-electron chi connectivity index (χ3n) is 4.51. The molecule has 0 aliphatic rings. The van der Waals surface area contributed by atoms with Gasteiger partial charge in [-0.1, -0.05) is 43.7 Å². The first-order chi connectivity index (χ1) is 14.1. The van der Waals surface area contributed by atoms with Gasteiger partial charge in [-0.2, -0.15) is 0 Å². The monoisotopic (exact) mass is 423 g/mol. The molecule has 1 unspecified atom stereocenters. The fraction of sp³-hybridized carbons (Fsp3) is 0.190.